The normalized spacial score (nSPS) is 11.8. The van der Waals surface area contributed by atoms with Crippen molar-refractivity contribution in [2.75, 3.05) is 0 Å². The van der Waals surface area contributed by atoms with Gasteiger partial charge in [0.05, 0.1) is 5.69 Å². The lowest BCUT2D eigenvalue weighted by Gasteiger charge is -2.03. The number of benzene rings is 3. The number of nitrogens with zero attached hydrogens (tertiary/aromatic N) is 1. The third-order valence-electron chi connectivity index (χ3n) is 3.40. The van der Waals surface area contributed by atoms with Crippen LogP contribution < -0.4 is 0 Å². The van der Waals surface area contributed by atoms with E-state index in [0.29, 0.717) is 0 Å². The van der Waals surface area contributed by atoms with E-state index < -0.39 is 0 Å². The summed E-state index contributed by atoms with van der Waals surface area (Å²) in [7, 11) is 0. The van der Waals surface area contributed by atoms with Gasteiger partial charge in [-0.05, 0) is 54.8 Å². The van der Waals surface area contributed by atoms with Crippen LogP contribution in [0.4, 0.5) is 5.69 Å². The van der Waals surface area contributed by atoms with Crippen molar-refractivity contribution in [3.63, 3.8) is 0 Å². The van der Waals surface area contributed by atoms with Crippen LogP contribution in [0.1, 0.15) is 5.56 Å². The lowest BCUT2D eigenvalue weighted by atomic mass is 10.2. The number of hydrogen-bond acceptors (Lipinski definition) is 3. The van der Waals surface area contributed by atoms with E-state index in [-0.39, 0.29) is 0 Å². The van der Waals surface area contributed by atoms with Crippen LogP contribution in [0.3, 0.4) is 0 Å². The minimum absolute atomic E-state index is 0.964. The molecule has 0 atom stereocenters. The van der Waals surface area contributed by atoms with Crippen molar-refractivity contribution in [3.05, 3.63) is 102 Å². The third-order valence-corrected chi connectivity index (χ3v) is 5.16. The molecule has 25 heavy (non-hydrogen) atoms. The van der Waals surface area contributed by atoms with Gasteiger partial charge in [-0.2, -0.15) is 0 Å². The maximum absolute atomic E-state index is 4.78. The highest BCUT2D eigenvalue weighted by molar-refractivity contribution is 8.14. The predicted octanol–water partition coefficient (Wildman–Crippen LogP) is 7.12. The first-order valence-corrected chi connectivity index (χ1v) is 9.76. The average molecular weight is 362 g/mol. The lowest BCUT2D eigenvalue weighted by Crippen LogP contribution is -1.86. The van der Waals surface area contributed by atoms with Crippen LogP contribution in [0.25, 0.3) is 0 Å². The number of hydrogen-bond donors (Lipinski definition) is 0. The molecule has 3 aromatic rings. The molecule has 0 aliphatic carbocycles. The number of aliphatic imine (C=N–C) groups is 1. The summed E-state index contributed by atoms with van der Waals surface area (Å²) in [5, 5.41) is 3.07. The summed E-state index contributed by atoms with van der Waals surface area (Å²) >= 11 is 3.37. The molecular formula is C22H19NS2. The zero-order valence-electron chi connectivity index (χ0n) is 14.0. The summed E-state index contributed by atoms with van der Waals surface area (Å²) in [5.41, 5.74) is 2.24. The summed E-state index contributed by atoms with van der Waals surface area (Å²) in [6.07, 6.45) is 2.08. The fourth-order valence-corrected chi connectivity index (χ4v) is 3.68. The monoisotopic (exact) mass is 361 g/mol. The lowest BCUT2D eigenvalue weighted by molar-refractivity contribution is 1.38. The zero-order chi connectivity index (χ0) is 17.3. The minimum atomic E-state index is 0.964. The van der Waals surface area contributed by atoms with Gasteiger partial charge in [0, 0.05) is 9.79 Å². The van der Waals surface area contributed by atoms with E-state index in [0.717, 1.165) is 10.7 Å². The first kappa shape index (κ1) is 17.6. The average Bonchev–Trinajstić information content (AvgIpc) is 2.65. The third kappa shape index (κ3) is 5.96. The van der Waals surface area contributed by atoms with Gasteiger partial charge in [-0.3, -0.25) is 0 Å². The van der Waals surface area contributed by atoms with E-state index in [9.17, 15) is 0 Å². The smallest absolute Gasteiger partial charge is 0.102 e. The Hall–Kier alpha value is -2.23. The number of para-hydroxylation sites is 1. The first-order valence-electron chi connectivity index (χ1n) is 8.06. The molecule has 0 radical (unpaired) electrons. The Morgan fingerprint density at radius 1 is 0.760 bits per heavy atom. The van der Waals surface area contributed by atoms with Crippen LogP contribution in [-0.2, 0) is 0 Å². The molecule has 0 spiro atoms. The molecule has 0 heterocycles. The van der Waals surface area contributed by atoms with Gasteiger partial charge in [-0.15, -0.1) is 0 Å². The van der Waals surface area contributed by atoms with Gasteiger partial charge in [0.15, 0.2) is 0 Å². The molecule has 0 saturated carbocycles. The Kier molecular flexibility index (Phi) is 6.55. The molecule has 0 saturated heterocycles. The second-order valence-corrected chi connectivity index (χ2v) is 7.51. The predicted molar refractivity (Wildman–Crippen MR) is 112 cm³/mol. The molecule has 0 aliphatic rings. The number of rotatable bonds is 5. The minimum Gasteiger partial charge on any atom is -0.242 e. The molecule has 124 valence electrons. The van der Waals surface area contributed by atoms with Crippen molar-refractivity contribution < 1.29 is 0 Å². The van der Waals surface area contributed by atoms with Crippen LogP contribution in [0.15, 0.2) is 111 Å². The first-order chi connectivity index (χ1) is 12.3. The topological polar surface area (TPSA) is 12.4 Å². The van der Waals surface area contributed by atoms with Gasteiger partial charge in [0.25, 0.3) is 0 Å². The summed E-state index contributed by atoms with van der Waals surface area (Å²) < 4.78 is 0. The van der Waals surface area contributed by atoms with Crippen LogP contribution in [0, 0.1) is 6.92 Å². The molecule has 1 nitrogen and oxygen atoms in total. The van der Waals surface area contributed by atoms with Crippen molar-refractivity contribution in [2.45, 2.75) is 16.7 Å². The van der Waals surface area contributed by atoms with Crippen LogP contribution >= 0.6 is 23.5 Å². The highest BCUT2D eigenvalue weighted by Crippen LogP contribution is 2.25. The summed E-state index contributed by atoms with van der Waals surface area (Å²) in [4.78, 5) is 7.19. The molecule has 3 aromatic carbocycles. The number of thioether (sulfide) groups is 2. The molecular weight excluding hydrogens is 342 g/mol. The quantitative estimate of drug-likeness (QED) is 0.272. The molecule has 0 aliphatic heterocycles. The maximum Gasteiger partial charge on any atom is 0.102 e. The summed E-state index contributed by atoms with van der Waals surface area (Å²) in [5.74, 6) is 0. The van der Waals surface area contributed by atoms with Crippen molar-refractivity contribution in [2.24, 2.45) is 4.99 Å². The van der Waals surface area contributed by atoms with E-state index >= 15 is 0 Å². The molecule has 0 unspecified atom stereocenters. The molecule has 0 bridgehead atoms. The van der Waals surface area contributed by atoms with Gasteiger partial charge >= 0.3 is 0 Å². The molecule has 3 heteroatoms. The summed E-state index contributed by atoms with van der Waals surface area (Å²) in [6, 6.07) is 28.9. The molecule has 0 N–H and O–H groups in total. The van der Waals surface area contributed by atoms with Gasteiger partial charge in [-0.1, -0.05) is 77.6 Å². The molecule has 0 amide bonds. The Balaban J connectivity index is 1.77. The van der Waals surface area contributed by atoms with Gasteiger partial charge in [0.2, 0.25) is 0 Å². The van der Waals surface area contributed by atoms with E-state index in [4.69, 9.17) is 4.99 Å². The van der Waals surface area contributed by atoms with E-state index in [1.54, 1.807) is 23.5 Å². The standard InChI is InChI=1S/C22H19NS2/c1-18-12-14-20(15-13-18)24-17-16-22(23-19-8-4-2-5-9-19)25-21-10-6-3-7-11-21/h2-17H,1H3. The zero-order valence-corrected chi connectivity index (χ0v) is 15.6. The van der Waals surface area contributed by atoms with E-state index in [1.807, 2.05) is 48.5 Å². The molecule has 3 rings (SSSR count). The SMILES string of the molecule is Cc1ccc(SC=CC(=Nc2ccccc2)Sc2ccccc2)cc1. The Morgan fingerprint density at radius 2 is 1.40 bits per heavy atom. The van der Waals surface area contributed by atoms with Crippen LogP contribution in [-0.4, -0.2) is 5.04 Å². The largest absolute Gasteiger partial charge is 0.242 e. The number of aryl methyl sites for hydroxylation is 1. The Labute approximate surface area is 157 Å². The molecule has 0 fully saturated rings. The van der Waals surface area contributed by atoms with Crippen molar-refractivity contribution >= 4 is 34.3 Å². The van der Waals surface area contributed by atoms with Crippen LogP contribution in [0.5, 0.6) is 0 Å². The van der Waals surface area contributed by atoms with Gasteiger partial charge < -0.3 is 0 Å². The highest BCUT2D eigenvalue weighted by atomic mass is 32.2. The Morgan fingerprint density at radius 3 is 2.08 bits per heavy atom. The fraction of sp³-hybridized carbons (Fsp3) is 0.0455. The van der Waals surface area contributed by atoms with E-state index in [1.165, 1.54) is 15.4 Å². The van der Waals surface area contributed by atoms with Crippen LogP contribution in [0.2, 0.25) is 0 Å². The second kappa shape index (κ2) is 9.30. The summed E-state index contributed by atoms with van der Waals surface area (Å²) in [6.45, 7) is 2.10. The highest BCUT2D eigenvalue weighted by Gasteiger charge is 2.00. The van der Waals surface area contributed by atoms with Crippen molar-refractivity contribution in [1.82, 2.24) is 0 Å². The molecule has 0 aromatic heterocycles. The maximum atomic E-state index is 4.78. The second-order valence-electron chi connectivity index (χ2n) is 5.43. The van der Waals surface area contributed by atoms with Crippen molar-refractivity contribution in [3.8, 4) is 0 Å². The fourth-order valence-electron chi connectivity index (χ4n) is 2.12. The van der Waals surface area contributed by atoms with Gasteiger partial charge in [0.1, 0.15) is 5.04 Å². The Bertz CT molecular complexity index is 838. The van der Waals surface area contributed by atoms with Crippen molar-refractivity contribution in [1.29, 1.82) is 0 Å². The van der Waals surface area contributed by atoms with E-state index in [2.05, 4.69) is 54.8 Å². The van der Waals surface area contributed by atoms with Gasteiger partial charge in [-0.25, -0.2) is 4.99 Å².